The predicted molar refractivity (Wildman–Crippen MR) is 51.2 cm³/mol. The molecule has 5 heteroatoms. The Morgan fingerprint density at radius 3 is 2.71 bits per heavy atom. The Hall–Kier alpha value is -2.04. The fraction of sp³-hybridized carbons (Fsp3) is 0.111. The van der Waals surface area contributed by atoms with Crippen molar-refractivity contribution in [3.8, 4) is 5.75 Å². The number of phenols is 1. The first-order valence-electron chi connectivity index (χ1n) is 3.88. The maximum absolute atomic E-state index is 10.6. The molecule has 0 bridgehead atoms. The van der Waals surface area contributed by atoms with E-state index in [-0.39, 0.29) is 5.75 Å². The minimum absolute atomic E-state index is 0.183. The maximum atomic E-state index is 10.6. The second kappa shape index (κ2) is 4.86. The molecule has 0 saturated heterocycles. The molecule has 1 aromatic carbocycles. The van der Waals surface area contributed by atoms with Crippen LogP contribution in [-0.4, -0.2) is 24.5 Å². The summed E-state index contributed by atoms with van der Waals surface area (Å²) in [5.74, 6) is 0.183. The van der Waals surface area contributed by atoms with Crippen LogP contribution in [0.25, 0.3) is 0 Å². The lowest BCUT2D eigenvalue weighted by Crippen LogP contribution is -2.16. The first kappa shape index (κ1) is 10.0. The summed E-state index contributed by atoms with van der Waals surface area (Å²) in [5.41, 5.74) is 2.90. The minimum atomic E-state index is -0.625. The molecule has 1 rings (SSSR count). The highest BCUT2D eigenvalue weighted by Crippen LogP contribution is 2.07. The fourth-order valence-corrected chi connectivity index (χ4v) is 0.766. The number of hydrogen-bond acceptors (Lipinski definition) is 4. The topological polar surface area (TPSA) is 70.9 Å². The lowest BCUT2D eigenvalue weighted by molar-refractivity contribution is 0.171. The fourth-order valence-electron chi connectivity index (χ4n) is 0.766. The van der Waals surface area contributed by atoms with Gasteiger partial charge < -0.3 is 9.84 Å². The highest BCUT2D eigenvalue weighted by Gasteiger charge is 1.92. The molecular formula is C9H10N2O3. The Morgan fingerprint density at radius 1 is 1.50 bits per heavy atom. The number of benzene rings is 1. The Balaban J connectivity index is 2.52. The van der Waals surface area contributed by atoms with Crippen LogP contribution in [0.3, 0.4) is 0 Å². The second-order valence-electron chi connectivity index (χ2n) is 2.45. The van der Waals surface area contributed by atoms with Crippen LogP contribution in [0.1, 0.15) is 5.56 Å². The van der Waals surface area contributed by atoms with Crippen molar-refractivity contribution in [1.29, 1.82) is 0 Å². The van der Waals surface area contributed by atoms with E-state index in [4.69, 9.17) is 5.11 Å². The summed E-state index contributed by atoms with van der Waals surface area (Å²) < 4.78 is 4.30. The number of methoxy groups -OCH3 is 1. The molecule has 0 heterocycles. The largest absolute Gasteiger partial charge is 0.508 e. The lowest BCUT2D eigenvalue weighted by atomic mass is 10.2. The van der Waals surface area contributed by atoms with Crippen LogP contribution in [0.4, 0.5) is 4.79 Å². The number of carbonyl (C=O) groups excluding carboxylic acids is 1. The van der Waals surface area contributed by atoms with Crippen molar-refractivity contribution in [3.05, 3.63) is 29.8 Å². The molecule has 0 unspecified atom stereocenters. The third kappa shape index (κ3) is 3.14. The smallest absolute Gasteiger partial charge is 0.427 e. The van der Waals surface area contributed by atoms with Crippen LogP contribution >= 0.6 is 0 Å². The Kier molecular flexibility index (Phi) is 3.49. The van der Waals surface area contributed by atoms with Crippen molar-refractivity contribution in [1.82, 2.24) is 5.43 Å². The zero-order chi connectivity index (χ0) is 10.4. The molecule has 0 spiro atoms. The number of aromatic hydroxyl groups is 1. The SMILES string of the molecule is COC(=O)N/N=C\c1ccc(O)cc1. The van der Waals surface area contributed by atoms with E-state index < -0.39 is 6.09 Å². The standard InChI is InChI=1S/C9H10N2O3/c1-14-9(13)11-10-6-7-2-4-8(12)5-3-7/h2-6,12H,1H3,(H,11,13)/b10-6-. The van der Waals surface area contributed by atoms with Crippen LogP contribution < -0.4 is 5.43 Å². The average Bonchev–Trinajstić information content (AvgIpc) is 2.21. The quantitative estimate of drug-likeness (QED) is 0.546. The van der Waals surface area contributed by atoms with Gasteiger partial charge in [-0.05, 0) is 29.8 Å². The first-order valence-corrected chi connectivity index (χ1v) is 3.88. The van der Waals surface area contributed by atoms with Crippen molar-refractivity contribution < 1.29 is 14.6 Å². The third-order valence-corrected chi connectivity index (χ3v) is 1.45. The van der Waals surface area contributed by atoms with Crippen molar-refractivity contribution in [2.75, 3.05) is 7.11 Å². The number of phenolic OH excluding ortho intramolecular Hbond substituents is 1. The number of rotatable bonds is 2. The van der Waals surface area contributed by atoms with Gasteiger partial charge in [0, 0.05) is 0 Å². The molecule has 0 aliphatic rings. The molecule has 0 aromatic heterocycles. The summed E-state index contributed by atoms with van der Waals surface area (Å²) in [6, 6.07) is 6.38. The van der Waals surface area contributed by atoms with Crippen molar-refractivity contribution >= 4 is 12.3 Å². The molecule has 0 atom stereocenters. The van der Waals surface area contributed by atoms with Gasteiger partial charge in [-0.25, -0.2) is 10.2 Å². The molecule has 0 saturated carbocycles. The van der Waals surface area contributed by atoms with Crippen LogP contribution in [0, 0.1) is 0 Å². The number of hydrazone groups is 1. The zero-order valence-corrected chi connectivity index (χ0v) is 7.60. The van der Waals surface area contributed by atoms with E-state index in [0.29, 0.717) is 0 Å². The highest BCUT2D eigenvalue weighted by molar-refractivity contribution is 5.80. The van der Waals surface area contributed by atoms with Crippen LogP contribution in [0.5, 0.6) is 5.75 Å². The zero-order valence-electron chi connectivity index (χ0n) is 7.60. The maximum Gasteiger partial charge on any atom is 0.427 e. The normalized spacial score (nSPS) is 10.1. The van der Waals surface area contributed by atoms with Crippen LogP contribution in [0.2, 0.25) is 0 Å². The Morgan fingerprint density at radius 2 is 2.14 bits per heavy atom. The van der Waals surface area contributed by atoms with E-state index in [9.17, 15) is 4.79 Å². The number of amides is 1. The van der Waals surface area contributed by atoms with Gasteiger partial charge in [0.1, 0.15) is 5.75 Å². The lowest BCUT2D eigenvalue weighted by Gasteiger charge is -1.96. The van der Waals surface area contributed by atoms with E-state index in [1.165, 1.54) is 25.5 Å². The van der Waals surface area contributed by atoms with E-state index in [1.807, 2.05) is 0 Å². The summed E-state index contributed by atoms with van der Waals surface area (Å²) in [7, 11) is 1.26. The summed E-state index contributed by atoms with van der Waals surface area (Å²) in [5, 5.41) is 12.6. The van der Waals surface area contributed by atoms with Gasteiger partial charge in [0.25, 0.3) is 0 Å². The summed E-state index contributed by atoms with van der Waals surface area (Å²) in [6.45, 7) is 0. The monoisotopic (exact) mass is 194 g/mol. The van der Waals surface area contributed by atoms with Gasteiger partial charge in [-0.1, -0.05) is 0 Å². The molecule has 0 aliphatic carbocycles. The van der Waals surface area contributed by atoms with Gasteiger partial charge >= 0.3 is 6.09 Å². The Bertz CT molecular complexity index is 332. The molecule has 1 amide bonds. The van der Waals surface area contributed by atoms with E-state index in [1.54, 1.807) is 12.1 Å². The number of carbonyl (C=O) groups is 1. The number of ether oxygens (including phenoxy) is 1. The molecular weight excluding hydrogens is 184 g/mol. The minimum Gasteiger partial charge on any atom is -0.508 e. The number of nitrogens with zero attached hydrogens (tertiary/aromatic N) is 1. The molecule has 2 N–H and O–H groups in total. The summed E-state index contributed by atoms with van der Waals surface area (Å²) >= 11 is 0. The van der Waals surface area contributed by atoms with Crippen molar-refractivity contribution in [2.45, 2.75) is 0 Å². The summed E-state index contributed by atoms with van der Waals surface area (Å²) in [4.78, 5) is 10.6. The van der Waals surface area contributed by atoms with E-state index in [2.05, 4.69) is 15.3 Å². The van der Waals surface area contributed by atoms with Gasteiger partial charge in [-0.15, -0.1) is 0 Å². The molecule has 0 fully saturated rings. The van der Waals surface area contributed by atoms with Crippen LogP contribution in [0.15, 0.2) is 29.4 Å². The number of nitrogens with one attached hydrogen (secondary N) is 1. The van der Waals surface area contributed by atoms with Gasteiger partial charge in [-0.2, -0.15) is 5.10 Å². The van der Waals surface area contributed by atoms with Crippen molar-refractivity contribution in [3.63, 3.8) is 0 Å². The first-order chi connectivity index (χ1) is 6.72. The van der Waals surface area contributed by atoms with Gasteiger partial charge in [-0.3, -0.25) is 0 Å². The molecule has 0 radical (unpaired) electrons. The molecule has 1 aromatic rings. The van der Waals surface area contributed by atoms with E-state index in [0.717, 1.165) is 5.56 Å². The average molecular weight is 194 g/mol. The summed E-state index contributed by atoms with van der Waals surface area (Å²) in [6.07, 6.45) is 0.816. The predicted octanol–water partition coefficient (Wildman–Crippen LogP) is 1.08. The molecule has 14 heavy (non-hydrogen) atoms. The highest BCUT2D eigenvalue weighted by atomic mass is 16.5. The van der Waals surface area contributed by atoms with Crippen LogP contribution in [-0.2, 0) is 4.74 Å². The van der Waals surface area contributed by atoms with Crippen molar-refractivity contribution in [2.24, 2.45) is 5.10 Å². The third-order valence-electron chi connectivity index (χ3n) is 1.45. The second-order valence-corrected chi connectivity index (χ2v) is 2.45. The van der Waals surface area contributed by atoms with Gasteiger partial charge in [0.05, 0.1) is 13.3 Å². The molecule has 74 valence electrons. The number of hydrogen-bond donors (Lipinski definition) is 2. The molecule has 0 aliphatic heterocycles. The molecule has 5 nitrogen and oxygen atoms in total. The van der Waals surface area contributed by atoms with E-state index >= 15 is 0 Å². The Labute approximate surface area is 81.0 Å². The van der Waals surface area contributed by atoms with Gasteiger partial charge in [0.15, 0.2) is 0 Å². The van der Waals surface area contributed by atoms with Gasteiger partial charge in [0.2, 0.25) is 0 Å².